The van der Waals surface area contributed by atoms with Gasteiger partial charge in [-0.15, -0.1) is 0 Å². The molecule has 2 amide bonds. The van der Waals surface area contributed by atoms with Crippen molar-refractivity contribution < 1.29 is 19.2 Å². The number of nitrogens with zero attached hydrogens (tertiary/aromatic N) is 1. The van der Waals surface area contributed by atoms with Crippen LogP contribution in [0, 0.1) is 0 Å². The molecular formula is C10H19N2O3+. The van der Waals surface area contributed by atoms with Gasteiger partial charge in [-0.05, 0) is 6.42 Å². The lowest BCUT2D eigenvalue weighted by Gasteiger charge is -2.33. The van der Waals surface area contributed by atoms with E-state index in [1.165, 1.54) is 0 Å². The average Bonchev–Trinajstić information content (AvgIpc) is 2.63. The number of hydrogen-bond donors (Lipinski definition) is 2. The monoisotopic (exact) mass is 215 g/mol. The van der Waals surface area contributed by atoms with Gasteiger partial charge in [-0.1, -0.05) is 6.92 Å². The maximum absolute atomic E-state index is 11.3. The summed E-state index contributed by atoms with van der Waals surface area (Å²) >= 11 is 0. The summed E-state index contributed by atoms with van der Waals surface area (Å²) in [6, 6.07) is -0.560. The highest BCUT2D eigenvalue weighted by atomic mass is 16.4. The van der Waals surface area contributed by atoms with Gasteiger partial charge in [0.2, 0.25) is 0 Å². The Kier molecular flexibility index (Phi) is 3.68. The fraction of sp³-hybridized carbons (Fsp3) is 0.800. The molecule has 1 fully saturated rings. The number of carbonyl (C=O) groups is 2. The van der Waals surface area contributed by atoms with Crippen molar-refractivity contribution in [3.8, 4) is 0 Å². The normalized spacial score (nSPS) is 21.1. The van der Waals surface area contributed by atoms with E-state index in [4.69, 9.17) is 5.73 Å². The summed E-state index contributed by atoms with van der Waals surface area (Å²) in [6.45, 7) is 3.00. The summed E-state index contributed by atoms with van der Waals surface area (Å²) < 4.78 is -0.150. The summed E-state index contributed by atoms with van der Waals surface area (Å²) in [6.07, 6.45) is 2.15. The number of nitrogens with two attached hydrogens (primary N) is 1. The Balaban J connectivity index is 2.94. The van der Waals surface area contributed by atoms with E-state index < -0.39 is 18.0 Å². The maximum Gasteiger partial charge on any atom is 0.514 e. The first-order chi connectivity index (χ1) is 7.04. The number of quaternary nitrogens is 1. The van der Waals surface area contributed by atoms with Crippen molar-refractivity contribution in [2.75, 3.05) is 13.1 Å². The topological polar surface area (TPSA) is 80.4 Å². The molecule has 3 N–H and O–H groups in total. The van der Waals surface area contributed by atoms with Gasteiger partial charge in [0.1, 0.15) is 0 Å². The fourth-order valence-corrected chi connectivity index (χ4v) is 2.44. The van der Waals surface area contributed by atoms with Crippen LogP contribution in [0.25, 0.3) is 0 Å². The van der Waals surface area contributed by atoms with Gasteiger partial charge in [0, 0.05) is 19.3 Å². The number of rotatable bonds is 4. The summed E-state index contributed by atoms with van der Waals surface area (Å²) in [4.78, 5) is 22.6. The van der Waals surface area contributed by atoms with Crippen LogP contribution in [-0.4, -0.2) is 40.7 Å². The van der Waals surface area contributed by atoms with Crippen LogP contribution in [0.1, 0.15) is 32.6 Å². The van der Waals surface area contributed by atoms with E-state index in [0.717, 1.165) is 19.3 Å². The third-order valence-corrected chi connectivity index (χ3v) is 3.23. The van der Waals surface area contributed by atoms with Crippen LogP contribution in [0.15, 0.2) is 0 Å². The van der Waals surface area contributed by atoms with E-state index in [1.807, 2.05) is 6.92 Å². The molecule has 0 bridgehead atoms. The third-order valence-electron chi connectivity index (χ3n) is 3.23. The van der Waals surface area contributed by atoms with Gasteiger partial charge in [-0.25, -0.2) is 4.48 Å². The van der Waals surface area contributed by atoms with Gasteiger partial charge in [-0.2, -0.15) is 4.79 Å². The van der Waals surface area contributed by atoms with E-state index >= 15 is 0 Å². The fourth-order valence-electron chi connectivity index (χ4n) is 2.44. The molecule has 86 valence electrons. The molecule has 1 aliphatic rings. The van der Waals surface area contributed by atoms with Gasteiger partial charge in [0.05, 0.1) is 13.1 Å². The lowest BCUT2D eigenvalue weighted by Crippen LogP contribution is -2.61. The summed E-state index contributed by atoms with van der Waals surface area (Å²) in [7, 11) is 0. The Bertz CT molecular complexity index is 259. The van der Waals surface area contributed by atoms with Crippen LogP contribution >= 0.6 is 0 Å². The predicted octanol–water partition coefficient (Wildman–Crippen LogP) is 0.929. The van der Waals surface area contributed by atoms with Gasteiger partial charge >= 0.3 is 6.09 Å². The zero-order valence-corrected chi connectivity index (χ0v) is 9.11. The van der Waals surface area contributed by atoms with Gasteiger partial charge in [0.25, 0.3) is 5.91 Å². The minimum absolute atomic E-state index is 0.150. The molecule has 0 aromatic rings. The van der Waals surface area contributed by atoms with Crippen molar-refractivity contribution in [1.82, 2.24) is 0 Å². The molecule has 1 atom stereocenters. The zero-order valence-electron chi connectivity index (χ0n) is 9.11. The van der Waals surface area contributed by atoms with Crippen LogP contribution in [0.2, 0.25) is 0 Å². The molecule has 5 heteroatoms. The molecule has 1 unspecified atom stereocenters. The van der Waals surface area contributed by atoms with E-state index in [0.29, 0.717) is 19.5 Å². The first-order valence-corrected chi connectivity index (χ1v) is 5.44. The van der Waals surface area contributed by atoms with Gasteiger partial charge in [-0.3, -0.25) is 4.79 Å². The zero-order chi connectivity index (χ0) is 11.5. The Morgan fingerprint density at radius 1 is 1.40 bits per heavy atom. The van der Waals surface area contributed by atoms with E-state index in [9.17, 15) is 14.7 Å². The Morgan fingerprint density at radius 3 is 2.27 bits per heavy atom. The second-order valence-electron chi connectivity index (χ2n) is 4.18. The number of amides is 2. The smallest absolute Gasteiger partial charge is 0.435 e. The maximum atomic E-state index is 11.3. The molecule has 0 aliphatic carbocycles. The second kappa shape index (κ2) is 4.61. The van der Waals surface area contributed by atoms with E-state index in [-0.39, 0.29) is 4.48 Å². The Morgan fingerprint density at radius 2 is 1.93 bits per heavy atom. The van der Waals surface area contributed by atoms with Crippen LogP contribution in [0.4, 0.5) is 4.79 Å². The molecular weight excluding hydrogens is 196 g/mol. The molecule has 1 heterocycles. The molecule has 1 rings (SSSR count). The highest BCUT2D eigenvalue weighted by Crippen LogP contribution is 2.26. The standard InChI is InChI=1S/C10H18N2O3/c1-2-5-8(9(11)13)12(10(14)15)6-3-4-7-12/h8H,2-7H2,1H3,(H2-,11,13,14,15)/p+1. The van der Waals surface area contributed by atoms with Crippen molar-refractivity contribution in [2.24, 2.45) is 5.73 Å². The van der Waals surface area contributed by atoms with E-state index in [2.05, 4.69) is 0 Å². The molecule has 5 nitrogen and oxygen atoms in total. The largest absolute Gasteiger partial charge is 0.514 e. The first-order valence-electron chi connectivity index (χ1n) is 5.44. The lowest BCUT2D eigenvalue weighted by atomic mass is 10.1. The molecule has 1 aliphatic heterocycles. The molecule has 0 aromatic carbocycles. The van der Waals surface area contributed by atoms with Crippen molar-refractivity contribution >= 4 is 12.0 Å². The average molecular weight is 215 g/mol. The number of carboxylic acid groups (broad SMARTS) is 1. The SMILES string of the molecule is CCCC(C(N)=O)[N+]1(C(=O)O)CCCC1. The summed E-state index contributed by atoms with van der Waals surface area (Å²) in [5.74, 6) is -0.485. The third kappa shape index (κ3) is 2.12. The van der Waals surface area contributed by atoms with Gasteiger partial charge < -0.3 is 10.8 Å². The first kappa shape index (κ1) is 12.0. The van der Waals surface area contributed by atoms with E-state index in [1.54, 1.807) is 0 Å². The number of hydrogen-bond acceptors (Lipinski definition) is 2. The quantitative estimate of drug-likeness (QED) is 0.684. The minimum Gasteiger partial charge on any atom is -0.435 e. The lowest BCUT2D eigenvalue weighted by molar-refractivity contribution is -0.861. The molecule has 0 saturated carbocycles. The molecule has 15 heavy (non-hydrogen) atoms. The van der Waals surface area contributed by atoms with Crippen LogP contribution in [-0.2, 0) is 4.79 Å². The van der Waals surface area contributed by atoms with Crippen LogP contribution < -0.4 is 5.73 Å². The number of primary amides is 1. The van der Waals surface area contributed by atoms with Crippen molar-refractivity contribution in [1.29, 1.82) is 0 Å². The number of likely N-dealkylation sites (tertiary alicyclic amines) is 1. The Labute approximate surface area is 89.4 Å². The predicted molar refractivity (Wildman–Crippen MR) is 55.1 cm³/mol. The van der Waals surface area contributed by atoms with Crippen molar-refractivity contribution in [3.63, 3.8) is 0 Å². The van der Waals surface area contributed by atoms with Crippen molar-refractivity contribution in [2.45, 2.75) is 38.6 Å². The molecule has 0 radical (unpaired) electrons. The van der Waals surface area contributed by atoms with Gasteiger partial charge in [0.15, 0.2) is 6.04 Å². The highest BCUT2D eigenvalue weighted by molar-refractivity contribution is 5.80. The summed E-state index contributed by atoms with van der Waals surface area (Å²) in [5.41, 5.74) is 5.31. The second-order valence-corrected chi connectivity index (χ2v) is 4.18. The molecule has 0 aromatic heterocycles. The minimum atomic E-state index is -0.912. The highest BCUT2D eigenvalue weighted by Gasteiger charge is 2.49. The molecule has 0 spiro atoms. The number of carbonyl (C=O) groups excluding carboxylic acids is 1. The van der Waals surface area contributed by atoms with Crippen LogP contribution in [0.3, 0.4) is 0 Å². The van der Waals surface area contributed by atoms with Crippen LogP contribution in [0.5, 0.6) is 0 Å². The van der Waals surface area contributed by atoms with Crippen molar-refractivity contribution in [3.05, 3.63) is 0 Å². The Hall–Kier alpha value is -1.10. The molecule has 1 saturated heterocycles. The summed E-state index contributed by atoms with van der Waals surface area (Å²) in [5, 5.41) is 9.27.